The van der Waals surface area contributed by atoms with Crippen LogP contribution in [0, 0.1) is 17.3 Å². The number of rotatable bonds is 12. The van der Waals surface area contributed by atoms with Crippen molar-refractivity contribution in [3.05, 3.63) is 25.3 Å². The lowest BCUT2D eigenvalue weighted by molar-refractivity contribution is -0.158. The summed E-state index contributed by atoms with van der Waals surface area (Å²) in [5.41, 5.74) is -1.71. The van der Waals surface area contributed by atoms with Crippen LogP contribution in [0.1, 0.15) is 73.6 Å². The van der Waals surface area contributed by atoms with E-state index in [4.69, 9.17) is 9.47 Å². The average molecular weight is 519 g/mol. The fraction of sp³-hybridized carbons (Fsp3) is 0.759. The maximum atomic E-state index is 14.6. The van der Waals surface area contributed by atoms with Gasteiger partial charge in [0, 0.05) is 12.1 Å². The topological polar surface area (TPSA) is 96.4 Å². The molecule has 1 spiro atoms. The number of ether oxygens (including phenoxy) is 2. The van der Waals surface area contributed by atoms with Gasteiger partial charge in [-0.15, -0.1) is 13.2 Å². The molecule has 0 aromatic carbocycles. The van der Waals surface area contributed by atoms with E-state index in [0.29, 0.717) is 32.2 Å². The molecule has 2 unspecified atom stereocenters. The Bertz CT molecular complexity index is 905. The first-order valence-corrected chi connectivity index (χ1v) is 13.6. The molecule has 3 aliphatic rings. The van der Waals surface area contributed by atoms with Gasteiger partial charge >= 0.3 is 5.97 Å². The summed E-state index contributed by atoms with van der Waals surface area (Å²) < 4.78 is 12.0. The van der Waals surface area contributed by atoms with Crippen molar-refractivity contribution >= 4 is 17.8 Å². The predicted molar refractivity (Wildman–Crippen MR) is 141 cm³/mol. The third-order valence-electron chi connectivity index (χ3n) is 8.16. The summed E-state index contributed by atoms with van der Waals surface area (Å²) >= 11 is 0. The average Bonchev–Trinajstić information content (AvgIpc) is 3.44. The summed E-state index contributed by atoms with van der Waals surface area (Å²) in [4.78, 5) is 45.1. The van der Waals surface area contributed by atoms with Crippen molar-refractivity contribution in [3.8, 4) is 0 Å². The zero-order valence-electron chi connectivity index (χ0n) is 23.5. The number of likely N-dealkylation sites (tertiary alicyclic amines) is 1. The van der Waals surface area contributed by atoms with Crippen molar-refractivity contribution < 1.29 is 29.0 Å². The first-order chi connectivity index (χ1) is 17.3. The molecule has 37 heavy (non-hydrogen) atoms. The molecule has 8 heteroatoms. The largest absolute Gasteiger partial charge is 0.465 e. The van der Waals surface area contributed by atoms with Crippen LogP contribution in [-0.2, 0) is 23.9 Å². The lowest BCUT2D eigenvalue weighted by Gasteiger charge is -2.46. The van der Waals surface area contributed by atoms with Gasteiger partial charge in [0.25, 0.3) is 0 Å². The first kappa shape index (κ1) is 29.4. The van der Waals surface area contributed by atoms with Crippen LogP contribution in [-0.4, -0.2) is 81.8 Å². The molecule has 3 saturated heterocycles. The highest BCUT2D eigenvalue weighted by Crippen LogP contribution is 2.59. The van der Waals surface area contributed by atoms with Crippen molar-refractivity contribution in [1.82, 2.24) is 9.80 Å². The summed E-state index contributed by atoms with van der Waals surface area (Å²) in [6, 6.07) is -1.49. The van der Waals surface area contributed by atoms with Crippen molar-refractivity contribution in [2.24, 2.45) is 17.3 Å². The van der Waals surface area contributed by atoms with E-state index in [1.165, 1.54) is 4.90 Å². The van der Waals surface area contributed by atoms with Gasteiger partial charge in [-0.2, -0.15) is 0 Å². The minimum Gasteiger partial charge on any atom is -0.465 e. The van der Waals surface area contributed by atoms with Gasteiger partial charge in [-0.05, 0) is 51.4 Å². The first-order valence-electron chi connectivity index (χ1n) is 13.6. The molecule has 0 aliphatic carbocycles. The maximum absolute atomic E-state index is 14.6. The number of aliphatic hydroxyl groups excluding tert-OH is 1. The van der Waals surface area contributed by atoms with Gasteiger partial charge < -0.3 is 24.4 Å². The number of carbonyl (C=O) groups is 3. The Morgan fingerprint density at radius 1 is 1.27 bits per heavy atom. The molecule has 0 saturated carbocycles. The summed E-state index contributed by atoms with van der Waals surface area (Å²) in [6.07, 6.45) is 5.70. The van der Waals surface area contributed by atoms with Crippen LogP contribution in [0.2, 0.25) is 0 Å². The third kappa shape index (κ3) is 5.24. The summed E-state index contributed by atoms with van der Waals surface area (Å²) in [6.45, 7) is 20.1. The molecule has 8 nitrogen and oxygen atoms in total. The van der Waals surface area contributed by atoms with Crippen LogP contribution >= 0.6 is 0 Å². The van der Waals surface area contributed by atoms with E-state index in [1.54, 1.807) is 17.1 Å². The number of aliphatic hydroxyl groups is 1. The van der Waals surface area contributed by atoms with Crippen LogP contribution in [0.15, 0.2) is 25.3 Å². The molecule has 2 amide bonds. The number of hydrogen-bond donors (Lipinski definition) is 1. The lowest BCUT2D eigenvalue weighted by atomic mass is 9.70. The van der Waals surface area contributed by atoms with Crippen LogP contribution in [0.25, 0.3) is 0 Å². The van der Waals surface area contributed by atoms with E-state index in [9.17, 15) is 19.5 Å². The highest BCUT2D eigenvalue weighted by atomic mass is 16.6. The second kappa shape index (κ2) is 10.9. The maximum Gasteiger partial charge on any atom is 0.312 e. The SMILES string of the molecule is C=CCCOC(=O)[C@@H]1[C@H]2C(=O)N([C@@H](CC)CO)C(C(=O)N(CC=C)C(C)(C)CC(C)(C)C)C23CC[C@H]1O3. The van der Waals surface area contributed by atoms with Gasteiger partial charge in [-0.3, -0.25) is 14.4 Å². The molecular formula is C29H46N2O6. The van der Waals surface area contributed by atoms with Gasteiger partial charge in [0.1, 0.15) is 11.6 Å². The van der Waals surface area contributed by atoms with Gasteiger partial charge in [0.2, 0.25) is 11.8 Å². The minimum atomic E-state index is -1.12. The van der Waals surface area contributed by atoms with E-state index in [2.05, 4.69) is 33.9 Å². The van der Waals surface area contributed by atoms with E-state index in [0.717, 1.165) is 6.42 Å². The van der Waals surface area contributed by atoms with E-state index in [-0.39, 0.29) is 30.4 Å². The number of carbonyl (C=O) groups excluding carboxylic acids is 3. The highest BCUT2D eigenvalue weighted by Gasteiger charge is 2.75. The molecule has 0 radical (unpaired) electrons. The van der Waals surface area contributed by atoms with E-state index >= 15 is 0 Å². The van der Waals surface area contributed by atoms with Gasteiger partial charge in [-0.25, -0.2) is 0 Å². The van der Waals surface area contributed by atoms with Crippen LogP contribution < -0.4 is 0 Å². The molecule has 3 aliphatic heterocycles. The van der Waals surface area contributed by atoms with Gasteiger partial charge in [-0.1, -0.05) is 39.8 Å². The summed E-state index contributed by atoms with van der Waals surface area (Å²) in [7, 11) is 0. The Labute approximate surface area is 222 Å². The predicted octanol–water partition coefficient (Wildman–Crippen LogP) is 3.48. The van der Waals surface area contributed by atoms with Crippen molar-refractivity contribution in [3.63, 3.8) is 0 Å². The fourth-order valence-corrected chi connectivity index (χ4v) is 7.09. The monoisotopic (exact) mass is 518 g/mol. The van der Waals surface area contributed by atoms with Crippen molar-refractivity contribution in [2.75, 3.05) is 19.8 Å². The van der Waals surface area contributed by atoms with E-state index < -0.39 is 47.1 Å². The van der Waals surface area contributed by atoms with Gasteiger partial charge in [0.15, 0.2) is 0 Å². The number of amides is 2. The second-order valence-corrected chi connectivity index (χ2v) is 12.6. The quantitative estimate of drug-likeness (QED) is 0.241. The molecule has 0 aromatic rings. The summed E-state index contributed by atoms with van der Waals surface area (Å²) in [5, 5.41) is 10.2. The van der Waals surface area contributed by atoms with Crippen LogP contribution in [0.4, 0.5) is 0 Å². The third-order valence-corrected chi connectivity index (χ3v) is 8.16. The number of nitrogens with zero attached hydrogens (tertiary/aromatic N) is 2. The minimum absolute atomic E-state index is 0.0468. The van der Waals surface area contributed by atoms with Crippen molar-refractivity contribution in [2.45, 2.75) is 103 Å². The Balaban J connectivity index is 2.07. The number of fused-ring (bicyclic) bond motifs is 1. The molecule has 2 bridgehead atoms. The van der Waals surface area contributed by atoms with Gasteiger partial charge in [0.05, 0.1) is 37.2 Å². The second-order valence-electron chi connectivity index (χ2n) is 12.6. The molecule has 208 valence electrons. The highest BCUT2D eigenvalue weighted by molar-refractivity contribution is 5.98. The number of esters is 1. The molecule has 1 N–H and O–H groups in total. The Morgan fingerprint density at radius 2 is 1.95 bits per heavy atom. The molecule has 3 rings (SSSR count). The molecular weight excluding hydrogens is 472 g/mol. The Morgan fingerprint density at radius 3 is 2.49 bits per heavy atom. The smallest absolute Gasteiger partial charge is 0.312 e. The standard InChI is InChI=1S/C29H46N2O6/c1-9-12-16-36-26(35)21-20-13-14-29(37-20)22(21)24(33)31(19(11-3)17-32)23(29)25(34)30(15-10-2)28(7,8)18-27(4,5)6/h9-10,19-23,32H,1-2,11-18H2,3-8H3/t19-,20+,21-,22-,23?,29?/m0/s1. The molecule has 6 atom stereocenters. The Hall–Kier alpha value is -2.19. The molecule has 0 aromatic heterocycles. The van der Waals surface area contributed by atoms with Crippen LogP contribution in [0.5, 0.6) is 0 Å². The zero-order chi connectivity index (χ0) is 27.8. The lowest BCUT2D eigenvalue weighted by Crippen LogP contribution is -2.62. The zero-order valence-corrected chi connectivity index (χ0v) is 23.5. The molecule has 3 heterocycles. The summed E-state index contributed by atoms with van der Waals surface area (Å²) in [5.74, 6) is -2.57. The Kier molecular flexibility index (Phi) is 8.64. The van der Waals surface area contributed by atoms with E-state index in [1.807, 2.05) is 20.8 Å². The van der Waals surface area contributed by atoms with Crippen molar-refractivity contribution in [1.29, 1.82) is 0 Å². The normalized spacial score (nSPS) is 29.7. The van der Waals surface area contributed by atoms with Crippen LogP contribution in [0.3, 0.4) is 0 Å². The molecule has 3 fully saturated rings. The fourth-order valence-electron chi connectivity index (χ4n) is 7.09. The number of hydrogen-bond acceptors (Lipinski definition) is 6.